The number of hydrogen-bond acceptors (Lipinski definition) is 3. The summed E-state index contributed by atoms with van der Waals surface area (Å²) in [7, 11) is 1.60. The quantitative estimate of drug-likeness (QED) is 0.734. The van der Waals surface area contributed by atoms with Gasteiger partial charge in [0, 0.05) is 17.5 Å². The maximum Gasteiger partial charge on any atom is 0.251 e. The van der Waals surface area contributed by atoms with E-state index < -0.39 is 0 Å². The first-order chi connectivity index (χ1) is 13.2. The van der Waals surface area contributed by atoms with E-state index in [4.69, 9.17) is 9.47 Å². The van der Waals surface area contributed by atoms with Crippen molar-refractivity contribution in [3.05, 3.63) is 59.7 Å². The van der Waals surface area contributed by atoms with E-state index in [-0.39, 0.29) is 11.3 Å². The Kier molecular flexibility index (Phi) is 6.38. The maximum atomic E-state index is 12.8. The van der Waals surface area contributed by atoms with Crippen LogP contribution in [0, 0.1) is 0 Å². The first-order valence-electron chi connectivity index (χ1n) is 9.83. The minimum absolute atomic E-state index is 0.0468. The molecule has 1 saturated carbocycles. The van der Waals surface area contributed by atoms with Gasteiger partial charge in [-0.15, -0.1) is 0 Å². The van der Waals surface area contributed by atoms with Gasteiger partial charge in [0.25, 0.3) is 5.91 Å². The minimum Gasteiger partial charge on any atom is -0.493 e. The van der Waals surface area contributed by atoms with Gasteiger partial charge in [0.2, 0.25) is 0 Å². The molecule has 0 unspecified atom stereocenters. The molecule has 4 heteroatoms. The summed E-state index contributed by atoms with van der Waals surface area (Å²) in [6.07, 6.45) is 5.58. The highest BCUT2D eigenvalue weighted by Gasteiger charge is 2.35. The van der Waals surface area contributed by atoms with E-state index in [2.05, 4.69) is 36.5 Å². The summed E-state index contributed by atoms with van der Waals surface area (Å²) >= 11 is 0. The fraction of sp³-hybridized carbons (Fsp3) is 0.435. The van der Waals surface area contributed by atoms with Gasteiger partial charge in [-0.05, 0) is 43.0 Å². The Bertz CT molecular complexity index is 751. The van der Waals surface area contributed by atoms with E-state index in [1.807, 2.05) is 12.1 Å². The number of benzene rings is 2. The Morgan fingerprint density at radius 2 is 1.81 bits per heavy atom. The predicted molar refractivity (Wildman–Crippen MR) is 108 cm³/mol. The average molecular weight is 367 g/mol. The van der Waals surface area contributed by atoms with E-state index in [1.165, 1.54) is 18.4 Å². The number of carbonyl (C=O) groups excluding carboxylic acids is 1. The van der Waals surface area contributed by atoms with Crippen molar-refractivity contribution in [3.63, 3.8) is 0 Å². The van der Waals surface area contributed by atoms with Gasteiger partial charge in [-0.25, -0.2) is 0 Å². The minimum atomic E-state index is -0.0717. The lowest BCUT2D eigenvalue weighted by Gasteiger charge is -2.30. The Balaban J connectivity index is 1.71. The van der Waals surface area contributed by atoms with E-state index >= 15 is 0 Å². The van der Waals surface area contributed by atoms with E-state index in [0.717, 1.165) is 19.3 Å². The van der Waals surface area contributed by atoms with E-state index in [9.17, 15) is 4.79 Å². The van der Waals surface area contributed by atoms with Crippen LogP contribution in [0.4, 0.5) is 0 Å². The van der Waals surface area contributed by atoms with Crippen LogP contribution in [0.15, 0.2) is 48.5 Å². The monoisotopic (exact) mass is 367 g/mol. The van der Waals surface area contributed by atoms with Crippen LogP contribution >= 0.6 is 0 Å². The van der Waals surface area contributed by atoms with Crippen molar-refractivity contribution in [3.8, 4) is 11.5 Å². The van der Waals surface area contributed by atoms with Crippen molar-refractivity contribution in [2.45, 2.75) is 44.4 Å². The summed E-state index contributed by atoms with van der Waals surface area (Å²) in [6, 6.07) is 15.9. The molecule has 27 heavy (non-hydrogen) atoms. The van der Waals surface area contributed by atoms with Gasteiger partial charge in [0.1, 0.15) is 0 Å². The number of nitrogens with one attached hydrogen (secondary N) is 1. The second-order valence-corrected chi connectivity index (χ2v) is 7.25. The zero-order chi connectivity index (χ0) is 19.1. The standard InChI is InChI=1S/C23H29NO3/c1-3-15-27-20-12-11-18(16-21(20)26-2)22(25)24-17-23(13-7-8-14-23)19-9-5-4-6-10-19/h4-6,9-12,16H,3,7-8,13-15,17H2,1-2H3,(H,24,25). The van der Waals surface area contributed by atoms with Crippen LogP contribution in [0.1, 0.15) is 54.9 Å². The fourth-order valence-corrected chi connectivity index (χ4v) is 3.90. The molecular formula is C23H29NO3. The van der Waals surface area contributed by atoms with Crippen LogP contribution < -0.4 is 14.8 Å². The Morgan fingerprint density at radius 1 is 1.07 bits per heavy atom. The second-order valence-electron chi connectivity index (χ2n) is 7.25. The lowest BCUT2D eigenvalue weighted by molar-refractivity contribution is 0.0942. The summed E-state index contributed by atoms with van der Waals surface area (Å²) in [4.78, 5) is 12.8. The van der Waals surface area contributed by atoms with Crippen molar-refractivity contribution in [2.75, 3.05) is 20.3 Å². The summed E-state index contributed by atoms with van der Waals surface area (Å²) in [5.74, 6) is 1.19. The highest BCUT2D eigenvalue weighted by Crippen LogP contribution is 2.40. The zero-order valence-corrected chi connectivity index (χ0v) is 16.3. The molecule has 2 aromatic rings. The van der Waals surface area contributed by atoms with Crippen molar-refractivity contribution in [1.82, 2.24) is 5.32 Å². The number of methoxy groups -OCH3 is 1. The molecular weight excluding hydrogens is 338 g/mol. The van der Waals surface area contributed by atoms with Crippen molar-refractivity contribution in [1.29, 1.82) is 0 Å². The highest BCUT2D eigenvalue weighted by atomic mass is 16.5. The predicted octanol–water partition coefficient (Wildman–Crippen LogP) is 4.73. The summed E-state index contributed by atoms with van der Waals surface area (Å²) < 4.78 is 11.1. The van der Waals surface area contributed by atoms with Crippen molar-refractivity contribution >= 4 is 5.91 Å². The first-order valence-corrected chi connectivity index (χ1v) is 9.83. The SMILES string of the molecule is CCCOc1ccc(C(=O)NCC2(c3ccccc3)CCCC2)cc1OC. The number of ether oxygens (including phenoxy) is 2. The van der Waals surface area contributed by atoms with Crippen LogP contribution in [0.25, 0.3) is 0 Å². The van der Waals surface area contributed by atoms with Crippen LogP contribution in [0.5, 0.6) is 11.5 Å². The molecule has 1 fully saturated rings. The van der Waals surface area contributed by atoms with Crippen LogP contribution in [-0.4, -0.2) is 26.2 Å². The van der Waals surface area contributed by atoms with Gasteiger partial charge in [-0.3, -0.25) is 4.79 Å². The smallest absolute Gasteiger partial charge is 0.251 e. The van der Waals surface area contributed by atoms with Gasteiger partial charge < -0.3 is 14.8 Å². The molecule has 0 aliphatic heterocycles. The molecule has 1 aliphatic carbocycles. The maximum absolute atomic E-state index is 12.8. The second kappa shape index (κ2) is 8.94. The topological polar surface area (TPSA) is 47.6 Å². The summed E-state index contributed by atoms with van der Waals surface area (Å²) in [6.45, 7) is 3.34. The number of amides is 1. The van der Waals surface area contributed by atoms with E-state index in [1.54, 1.807) is 19.2 Å². The summed E-state index contributed by atoms with van der Waals surface area (Å²) in [5.41, 5.74) is 1.96. The van der Waals surface area contributed by atoms with Gasteiger partial charge in [-0.2, -0.15) is 0 Å². The molecule has 1 amide bonds. The third-order valence-electron chi connectivity index (χ3n) is 5.42. The lowest BCUT2D eigenvalue weighted by atomic mass is 9.79. The highest BCUT2D eigenvalue weighted by molar-refractivity contribution is 5.95. The van der Waals surface area contributed by atoms with Crippen molar-refractivity contribution < 1.29 is 14.3 Å². The Labute approximate surface area is 161 Å². The van der Waals surface area contributed by atoms with Crippen molar-refractivity contribution in [2.24, 2.45) is 0 Å². The Morgan fingerprint density at radius 3 is 2.48 bits per heavy atom. The van der Waals surface area contributed by atoms with Crippen LogP contribution in [0.2, 0.25) is 0 Å². The number of hydrogen-bond donors (Lipinski definition) is 1. The number of carbonyl (C=O) groups is 1. The van der Waals surface area contributed by atoms with Gasteiger partial charge >= 0.3 is 0 Å². The van der Waals surface area contributed by atoms with Gasteiger partial charge in [0.05, 0.1) is 13.7 Å². The van der Waals surface area contributed by atoms with E-state index in [0.29, 0.717) is 30.2 Å². The normalized spacial score (nSPS) is 15.3. The third kappa shape index (κ3) is 4.44. The molecule has 0 aromatic heterocycles. The average Bonchev–Trinajstić information content (AvgIpc) is 3.21. The molecule has 0 spiro atoms. The molecule has 0 heterocycles. The molecule has 2 aromatic carbocycles. The van der Waals surface area contributed by atoms with Crippen LogP contribution in [-0.2, 0) is 5.41 Å². The molecule has 0 bridgehead atoms. The summed E-state index contributed by atoms with van der Waals surface area (Å²) in [5, 5.41) is 3.16. The largest absolute Gasteiger partial charge is 0.493 e. The zero-order valence-electron chi connectivity index (χ0n) is 16.3. The number of rotatable bonds is 8. The Hall–Kier alpha value is -2.49. The third-order valence-corrected chi connectivity index (χ3v) is 5.42. The molecule has 144 valence electrons. The molecule has 1 aliphatic rings. The molecule has 0 radical (unpaired) electrons. The molecule has 0 atom stereocenters. The van der Waals surface area contributed by atoms with Gasteiger partial charge in [-0.1, -0.05) is 50.1 Å². The molecule has 4 nitrogen and oxygen atoms in total. The lowest BCUT2D eigenvalue weighted by Crippen LogP contribution is -2.39. The molecule has 1 N–H and O–H groups in total. The molecule has 3 rings (SSSR count). The first kappa shape index (κ1) is 19.3. The fourth-order valence-electron chi connectivity index (χ4n) is 3.90. The van der Waals surface area contributed by atoms with Crippen LogP contribution in [0.3, 0.4) is 0 Å². The molecule has 0 saturated heterocycles. The van der Waals surface area contributed by atoms with Gasteiger partial charge in [0.15, 0.2) is 11.5 Å².